The average molecular weight is 608 g/mol. The van der Waals surface area contributed by atoms with Gasteiger partial charge in [0.15, 0.2) is 11.5 Å². The number of carboxylic acids is 1. The number of fused-ring (bicyclic) bond motifs is 1. The molecule has 0 radical (unpaired) electrons. The number of nitrogens with zero attached hydrogens (tertiary/aromatic N) is 1. The molecule has 0 unspecified atom stereocenters. The molecule has 232 valence electrons. The topological polar surface area (TPSA) is 127 Å². The Kier molecular flexibility index (Phi) is 9.12. The van der Waals surface area contributed by atoms with Crippen molar-refractivity contribution in [2.24, 2.45) is 0 Å². The highest BCUT2D eigenvalue weighted by Crippen LogP contribution is 2.52. The predicted octanol–water partition coefficient (Wildman–Crippen LogP) is 6.59. The molecule has 1 aliphatic heterocycles. The van der Waals surface area contributed by atoms with Gasteiger partial charge in [-0.1, -0.05) is 49.9 Å². The molecular weight excluding hydrogens is 572 g/mol. The maximum atomic E-state index is 13.5. The van der Waals surface area contributed by atoms with E-state index in [1.54, 1.807) is 30.3 Å². The molecule has 1 aliphatic carbocycles. The Morgan fingerprint density at radius 1 is 0.909 bits per heavy atom. The van der Waals surface area contributed by atoms with Crippen LogP contribution >= 0.6 is 0 Å². The summed E-state index contributed by atoms with van der Waals surface area (Å²) < 4.78 is 36.0. The molecule has 0 bridgehead atoms. The highest BCUT2D eigenvalue weighted by atomic mass is 19.3. The van der Waals surface area contributed by atoms with Crippen LogP contribution in [0.4, 0.5) is 14.6 Å². The SMILES string of the molecule is Cc1ccc(NC(=O)C2(c3ccc4c(c3)OC(F)(F)O4)CC2)nc1-c1cccc(C(=O)NCCCCCCCCC(=O)O)c1. The maximum absolute atomic E-state index is 13.5. The Morgan fingerprint density at radius 2 is 1.64 bits per heavy atom. The van der Waals surface area contributed by atoms with Crippen molar-refractivity contribution in [3.05, 3.63) is 71.3 Å². The Balaban J connectivity index is 1.18. The van der Waals surface area contributed by atoms with Crippen LogP contribution in [0.5, 0.6) is 11.5 Å². The number of nitrogens with one attached hydrogen (secondary N) is 2. The molecule has 11 heteroatoms. The van der Waals surface area contributed by atoms with Crippen molar-refractivity contribution >= 4 is 23.6 Å². The first kappa shape index (κ1) is 30.9. The fourth-order valence-corrected chi connectivity index (χ4v) is 5.37. The van der Waals surface area contributed by atoms with E-state index in [9.17, 15) is 23.2 Å². The van der Waals surface area contributed by atoms with E-state index in [2.05, 4.69) is 25.1 Å². The van der Waals surface area contributed by atoms with Gasteiger partial charge in [0.25, 0.3) is 5.91 Å². The molecule has 44 heavy (non-hydrogen) atoms. The number of hydrogen-bond acceptors (Lipinski definition) is 6. The fraction of sp³-hybridized carbons (Fsp3) is 0.394. The van der Waals surface area contributed by atoms with Crippen molar-refractivity contribution in [2.45, 2.75) is 76.4 Å². The van der Waals surface area contributed by atoms with Gasteiger partial charge in [0, 0.05) is 24.1 Å². The molecule has 1 aromatic heterocycles. The van der Waals surface area contributed by atoms with E-state index in [1.165, 1.54) is 12.1 Å². The van der Waals surface area contributed by atoms with Crippen LogP contribution in [-0.2, 0) is 15.0 Å². The highest BCUT2D eigenvalue weighted by Gasteiger charge is 2.53. The van der Waals surface area contributed by atoms with Crippen molar-refractivity contribution in [1.29, 1.82) is 0 Å². The molecule has 0 saturated heterocycles. The second-order valence-electron chi connectivity index (χ2n) is 11.3. The van der Waals surface area contributed by atoms with Gasteiger partial charge in [0.05, 0.1) is 11.1 Å². The molecule has 2 aromatic carbocycles. The molecule has 5 rings (SSSR count). The number of aryl methyl sites for hydroxylation is 1. The Labute approximate surface area is 254 Å². The normalized spacial score (nSPS) is 15.4. The van der Waals surface area contributed by atoms with Gasteiger partial charge in [-0.25, -0.2) is 4.98 Å². The number of unbranched alkanes of at least 4 members (excludes halogenated alkanes) is 5. The maximum Gasteiger partial charge on any atom is 0.586 e. The number of aromatic nitrogens is 1. The van der Waals surface area contributed by atoms with E-state index in [-0.39, 0.29) is 29.7 Å². The lowest BCUT2D eigenvalue weighted by molar-refractivity contribution is -0.286. The van der Waals surface area contributed by atoms with E-state index in [0.717, 1.165) is 43.2 Å². The number of carbonyl (C=O) groups is 3. The molecule has 0 atom stereocenters. The summed E-state index contributed by atoms with van der Waals surface area (Å²) in [4.78, 5) is 41.5. The predicted molar refractivity (Wildman–Crippen MR) is 159 cm³/mol. The first-order valence-electron chi connectivity index (χ1n) is 14.9. The van der Waals surface area contributed by atoms with Crippen molar-refractivity contribution < 1.29 is 37.7 Å². The van der Waals surface area contributed by atoms with Gasteiger partial charge in [0.2, 0.25) is 5.91 Å². The second kappa shape index (κ2) is 13.0. The molecule has 2 heterocycles. The van der Waals surface area contributed by atoms with Crippen LogP contribution in [0.1, 0.15) is 79.3 Å². The lowest BCUT2D eigenvalue weighted by atomic mass is 9.94. The molecular formula is C33H35F2N3O6. The highest BCUT2D eigenvalue weighted by molar-refractivity contribution is 6.01. The van der Waals surface area contributed by atoms with E-state index < -0.39 is 17.7 Å². The zero-order chi connectivity index (χ0) is 31.3. The van der Waals surface area contributed by atoms with Gasteiger partial charge in [-0.05, 0) is 74.1 Å². The van der Waals surface area contributed by atoms with Gasteiger partial charge in [-0.3, -0.25) is 14.4 Å². The van der Waals surface area contributed by atoms with E-state index in [4.69, 9.17) is 5.11 Å². The lowest BCUT2D eigenvalue weighted by Crippen LogP contribution is -2.28. The number of halogens is 2. The standard InChI is InChI=1S/C33H35F2N3O6/c1-21-12-15-27(38-31(42)32(16-17-32)24-13-14-25-26(20-24)44-33(34,35)43-25)37-29(21)22-9-8-10-23(19-22)30(41)36-18-7-5-3-2-4-6-11-28(39)40/h8-10,12-15,19-20H,2-7,11,16-18H2,1H3,(H,36,41)(H,39,40)(H,37,38,42). The number of ether oxygens (including phenoxy) is 2. The van der Waals surface area contributed by atoms with Crippen molar-refractivity contribution in [1.82, 2.24) is 10.3 Å². The number of carbonyl (C=O) groups excluding carboxylic acids is 2. The summed E-state index contributed by atoms with van der Waals surface area (Å²) in [7, 11) is 0. The van der Waals surface area contributed by atoms with Crippen LogP contribution in [0, 0.1) is 6.92 Å². The minimum absolute atomic E-state index is 0.0718. The summed E-state index contributed by atoms with van der Waals surface area (Å²) in [6.45, 7) is 2.44. The van der Waals surface area contributed by atoms with Gasteiger partial charge in [-0.15, -0.1) is 8.78 Å². The largest absolute Gasteiger partial charge is 0.586 e. The van der Waals surface area contributed by atoms with Crippen molar-refractivity contribution in [3.63, 3.8) is 0 Å². The number of amides is 2. The number of anilines is 1. The zero-order valence-electron chi connectivity index (χ0n) is 24.5. The van der Waals surface area contributed by atoms with Crippen molar-refractivity contribution in [3.8, 4) is 22.8 Å². The van der Waals surface area contributed by atoms with Crippen LogP contribution in [-0.4, -0.2) is 40.7 Å². The third-order valence-corrected chi connectivity index (χ3v) is 7.98. The third kappa shape index (κ3) is 7.32. The van der Waals surface area contributed by atoms with Crippen molar-refractivity contribution in [2.75, 3.05) is 11.9 Å². The first-order chi connectivity index (χ1) is 21.1. The summed E-state index contributed by atoms with van der Waals surface area (Å²) in [5.74, 6) is -1.07. The van der Waals surface area contributed by atoms with E-state index in [1.807, 2.05) is 19.1 Å². The number of hydrogen-bond donors (Lipinski definition) is 3. The summed E-state index contributed by atoms with van der Waals surface area (Å²) in [5, 5.41) is 14.5. The molecule has 2 aliphatic rings. The molecule has 1 fully saturated rings. The number of rotatable bonds is 14. The van der Waals surface area contributed by atoms with Crippen LogP contribution in [0.3, 0.4) is 0 Å². The molecule has 1 saturated carbocycles. The summed E-state index contributed by atoms with van der Waals surface area (Å²) in [6.07, 6.45) is 2.96. The monoisotopic (exact) mass is 607 g/mol. The Morgan fingerprint density at radius 3 is 2.39 bits per heavy atom. The molecule has 3 N–H and O–H groups in total. The van der Waals surface area contributed by atoms with E-state index >= 15 is 0 Å². The quantitative estimate of drug-likeness (QED) is 0.176. The zero-order valence-corrected chi connectivity index (χ0v) is 24.5. The summed E-state index contributed by atoms with van der Waals surface area (Å²) in [5.41, 5.74) is 2.40. The van der Waals surface area contributed by atoms with Gasteiger partial charge >= 0.3 is 12.3 Å². The van der Waals surface area contributed by atoms with Crippen LogP contribution < -0.4 is 20.1 Å². The lowest BCUT2D eigenvalue weighted by Gasteiger charge is -2.17. The number of pyridine rings is 1. The first-order valence-corrected chi connectivity index (χ1v) is 14.9. The van der Waals surface area contributed by atoms with Crippen LogP contribution in [0.2, 0.25) is 0 Å². The van der Waals surface area contributed by atoms with Gasteiger partial charge in [0.1, 0.15) is 5.82 Å². The molecule has 9 nitrogen and oxygen atoms in total. The van der Waals surface area contributed by atoms with E-state index in [0.29, 0.717) is 48.4 Å². The van der Waals surface area contributed by atoms with Gasteiger partial charge in [-0.2, -0.15) is 0 Å². The number of alkyl halides is 2. The van der Waals surface area contributed by atoms with Crippen LogP contribution in [0.15, 0.2) is 54.6 Å². The third-order valence-electron chi connectivity index (χ3n) is 7.98. The number of aliphatic carboxylic acids is 1. The smallest absolute Gasteiger partial charge is 0.481 e. The molecule has 2 amide bonds. The molecule has 0 spiro atoms. The number of carboxylic acid groups (broad SMARTS) is 1. The summed E-state index contributed by atoms with van der Waals surface area (Å²) >= 11 is 0. The Bertz CT molecular complexity index is 1560. The summed E-state index contributed by atoms with van der Waals surface area (Å²) in [6, 6.07) is 15.1. The minimum atomic E-state index is -3.73. The minimum Gasteiger partial charge on any atom is -0.481 e. The molecule has 3 aromatic rings. The average Bonchev–Trinajstić information content (AvgIpc) is 3.74. The van der Waals surface area contributed by atoms with Gasteiger partial charge < -0.3 is 25.2 Å². The second-order valence-corrected chi connectivity index (χ2v) is 11.3. The number of benzene rings is 2. The fourth-order valence-electron chi connectivity index (χ4n) is 5.37. The Hall–Kier alpha value is -4.54. The van der Waals surface area contributed by atoms with Crippen LogP contribution in [0.25, 0.3) is 11.3 Å².